The Balaban J connectivity index is 2.17. The van der Waals surface area contributed by atoms with Crippen LogP contribution < -0.4 is 10.9 Å². The van der Waals surface area contributed by atoms with Crippen molar-refractivity contribution in [2.45, 2.75) is 6.54 Å². The van der Waals surface area contributed by atoms with Gasteiger partial charge in [-0.1, -0.05) is 23.2 Å². The van der Waals surface area contributed by atoms with Gasteiger partial charge in [0.15, 0.2) is 0 Å². The number of hydrogen-bond donors (Lipinski definition) is 2. The van der Waals surface area contributed by atoms with E-state index in [4.69, 9.17) is 28.3 Å². The third-order valence-electron chi connectivity index (χ3n) is 2.75. The highest BCUT2D eigenvalue weighted by molar-refractivity contribution is 6.36. The van der Waals surface area contributed by atoms with Crippen LogP contribution in [-0.4, -0.2) is 21.6 Å². The average Bonchev–Trinajstić information content (AvgIpc) is 2.44. The van der Waals surface area contributed by atoms with Gasteiger partial charge in [0.1, 0.15) is 6.54 Å². The molecule has 1 aromatic heterocycles. The lowest BCUT2D eigenvalue weighted by molar-refractivity contribution is -0.116. The lowest BCUT2D eigenvalue weighted by Gasteiger charge is -2.09. The number of rotatable bonds is 4. The number of carboxylic acid groups (broad SMARTS) is 1. The van der Waals surface area contributed by atoms with Crippen LogP contribution in [0.1, 0.15) is 10.4 Å². The third kappa shape index (κ3) is 3.87. The minimum Gasteiger partial charge on any atom is -0.478 e. The zero-order valence-electron chi connectivity index (χ0n) is 11.0. The fourth-order valence-corrected chi connectivity index (χ4v) is 2.17. The first-order chi connectivity index (χ1) is 10.4. The molecular weight excluding hydrogens is 331 g/mol. The largest absolute Gasteiger partial charge is 0.478 e. The van der Waals surface area contributed by atoms with Gasteiger partial charge in [-0.15, -0.1) is 0 Å². The molecule has 8 heteroatoms. The summed E-state index contributed by atoms with van der Waals surface area (Å²) in [6, 6.07) is 6.82. The van der Waals surface area contributed by atoms with Gasteiger partial charge in [-0.05, 0) is 24.3 Å². The van der Waals surface area contributed by atoms with Gasteiger partial charge in [0.2, 0.25) is 5.91 Å². The molecule has 22 heavy (non-hydrogen) atoms. The van der Waals surface area contributed by atoms with Crippen molar-refractivity contribution in [3.63, 3.8) is 0 Å². The highest BCUT2D eigenvalue weighted by Gasteiger charge is 2.10. The number of nitrogens with zero attached hydrogens (tertiary/aromatic N) is 1. The minimum atomic E-state index is -1.19. The second-order valence-corrected chi connectivity index (χ2v) is 5.21. The molecule has 1 aromatic carbocycles. The van der Waals surface area contributed by atoms with E-state index in [1.807, 2.05) is 0 Å². The molecule has 0 radical (unpaired) electrons. The Labute approximate surface area is 134 Å². The Morgan fingerprint density at radius 3 is 2.55 bits per heavy atom. The molecule has 1 heterocycles. The van der Waals surface area contributed by atoms with E-state index in [9.17, 15) is 14.4 Å². The summed E-state index contributed by atoms with van der Waals surface area (Å²) in [4.78, 5) is 34.5. The number of amides is 1. The molecule has 0 aliphatic heterocycles. The number of benzene rings is 1. The first kappa shape index (κ1) is 16.1. The number of halogens is 2. The number of pyridine rings is 1. The van der Waals surface area contributed by atoms with E-state index < -0.39 is 17.4 Å². The van der Waals surface area contributed by atoms with Crippen LogP contribution in [0.15, 0.2) is 41.3 Å². The van der Waals surface area contributed by atoms with Gasteiger partial charge in [-0.3, -0.25) is 9.59 Å². The Bertz CT molecular complexity index is 802. The summed E-state index contributed by atoms with van der Waals surface area (Å²) in [7, 11) is 0. The summed E-state index contributed by atoms with van der Waals surface area (Å²) in [6.07, 6.45) is 1.10. The maximum atomic E-state index is 11.9. The third-order valence-corrected chi connectivity index (χ3v) is 3.30. The van der Waals surface area contributed by atoms with Crippen molar-refractivity contribution in [1.82, 2.24) is 4.57 Å². The molecule has 6 nitrogen and oxygen atoms in total. The van der Waals surface area contributed by atoms with Crippen molar-refractivity contribution < 1.29 is 14.7 Å². The molecule has 114 valence electrons. The van der Waals surface area contributed by atoms with Gasteiger partial charge >= 0.3 is 5.97 Å². The number of carbonyl (C=O) groups is 2. The Morgan fingerprint density at radius 2 is 1.91 bits per heavy atom. The topological polar surface area (TPSA) is 88.4 Å². The Kier molecular flexibility index (Phi) is 4.85. The Morgan fingerprint density at radius 1 is 1.18 bits per heavy atom. The fraction of sp³-hybridized carbons (Fsp3) is 0.0714. The molecule has 0 aliphatic rings. The molecule has 0 bridgehead atoms. The van der Waals surface area contributed by atoms with Crippen molar-refractivity contribution in [2.75, 3.05) is 5.32 Å². The maximum Gasteiger partial charge on any atom is 0.337 e. The zero-order valence-corrected chi connectivity index (χ0v) is 12.6. The van der Waals surface area contributed by atoms with Crippen LogP contribution in [0.2, 0.25) is 10.0 Å². The van der Waals surface area contributed by atoms with Crippen molar-refractivity contribution in [3.05, 3.63) is 62.5 Å². The average molecular weight is 341 g/mol. The summed E-state index contributed by atoms with van der Waals surface area (Å²) in [5.74, 6) is -1.70. The van der Waals surface area contributed by atoms with E-state index in [0.29, 0.717) is 10.7 Å². The van der Waals surface area contributed by atoms with Crippen molar-refractivity contribution in [3.8, 4) is 0 Å². The van der Waals surface area contributed by atoms with Gasteiger partial charge in [-0.2, -0.15) is 0 Å². The van der Waals surface area contributed by atoms with E-state index in [-0.39, 0.29) is 17.1 Å². The minimum absolute atomic E-state index is 0.0862. The number of anilines is 1. The summed E-state index contributed by atoms with van der Waals surface area (Å²) in [6.45, 7) is -0.334. The van der Waals surface area contributed by atoms with Crippen LogP contribution in [0.4, 0.5) is 5.69 Å². The van der Waals surface area contributed by atoms with E-state index in [0.717, 1.165) is 16.8 Å². The molecule has 2 N–H and O–H groups in total. The molecule has 0 spiro atoms. The number of nitrogens with one attached hydrogen (secondary N) is 1. The van der Waals surface area contributed by atoms with Gasteiger partial charge in [0.05, 0.1) is 16.3 Å². The number of aromatic nitrogens is 1. The van der Waals surface area contributed by atoms with E-state index in [1.54, 1.807) is 6.07 Å². The normalized spacial score (nSPS) is 10.3. The van der Waals surface area contributed by atoms with Crippen molar-refractivity contribution >= 4 is 40.8 Å². The van der Waals surface area contributed by atoms with Crippen molar-refractivity contribution in [1.29, 1.82) is 0 Å². The van der Waals surface area contributed by atoms with Gasteiger partial charge in [-0.25, -0.2) is 4.79 Å². The van der Waals surface area contributed by atoms with Crippen LogP contribution in [0.25, 0.3) is 0 Å². The van der Waals surface area contributed by atoms with Gasteiger partial charge in [0.25, 0.3) is 5.56 Å². The van der Waals surface area contributed by atoms with Crippen LogP contribution in [0, 0.1) is 0 Å². The molecule has 2 aromatic rings. The number of hydrogen-bond acceptors (Lipinski definition) is 3. The van der Waals surface area contributed by atoms with E-state index in [1.165, 1.54) is 18.2 Å². The second-order valence-electron chi connectivity index (χ2n) is 4.36. The summed E-state index contributed by atoms with van der Waals surface area (Å²) in [5.41, 5.74) is -0.224. The lowest BCUT2D eigenvalue weighted by atomic mass is 10.3. The second kappa shape index (κ2) is 6.64. The number of carboxylic acids is 1. The summed E-state index contributed by atoms with van der Waals surface area (Å²) < 4.78 is 1.00. The van der Waals surface area contributed by atoms with Gasteiger partial charge in [0, 0.05) is 17.3 Å². The predicted molar refractivity (Wildman–Crippen MR) is 82.8 cm³/mol. The zero-order chi connectivity index (χ0) is 16.3. The molecule has 0 fully saturated rings. The lowest BCUT2D eigenvalue weighted by Crippen LogP contribution is -2.27. The number of carbonyl (C=O) groups excluding carboxylic acids is 1. The van der Waals surface area contributed by atoms with E-state index >= 15 is 0 Å². The predicted octanol–water partition coefficient (Wildman–Crippen LogP) is 2.49. The first-order valence-corrected chi connectivity index (χ1v) is 6.81. The SMILES string of the molecule is O=C(Cn1cc(C(=O)O)ccc1=O)Nc1ccc(Cl)cc1Cl. The molecule has 0 atom stereocenters. The van der Waals surface area contributed by atoms with Crippen molar-refractivity contribution in [2.24, 2.45) is 0 Å². The Hall–Kier alpha value is -2.31. The van der Waals surface area contributed by atoms with Crippen LogP contribution in [0.5, 0.6) is 0 Å². The monoisotopic (exact) mass is 340 g/mol. The molecule has 2 rings (SSSR count). The smallest absolute Gasteiger partial charge is 0.337 e. The highest BCUT2D eigenvalue weighted by atomic mass is 35.5. The maximum absolute atomic E-state index is 11.9. The van der Waals surface area contributed by atoms with Gasteiger partial charge < -0.3 is 15.0 Å². The molecule has 0 saturated carbocycles. The quantitative estimate of drug-likeness (QED) is 0.894. The van der Waals surface area contributed by atoms with Crippen LogP contribution in [-0.2, 0) is 11.3 Å². The summed E-state index contributed by atoms with van der Waals surface area (Å²) >= 11 is 11.7. The molecule has 0 aliphatic carbocycles. The standard InChI is InChI=1S/C14H10Cl2N2O4/c15-9-2-3-11(10(16)5-9)17-12(19)7-18-6-8(14(21)22)1-4-13(18)20/h1-6H,7H2,(H,17,19)(H,21,22). The molecular formula is C14H10Cl2N2O4. The fourth-order valence-electron chi connectivity index (χ4n) is 1.72. The van der Waals surface area contributed by atoms with Crippen LogP contribution in [0.3, 0.4) is 0 Å². The molecule has 0 unspecified atom stereocenters. The van der Waals surface area contributed by atoms with Crippen LogP contribution >= 0.6 is 23.2 Å². The molecule has 1 amide bonds. The highest BCUT2D eigenvalue weighted by Crippen LogP contribution is 2.25. The molecule has 0 saturated heterocycles. The van der Waals surface area contributed by atoms with E-state index in [2.05, 4.69) is 5.32 Å². The summed E-state index contributed by atoms with van der Waals surface area (Å²) in [5, 5.41) is 12.1. The number of aromatic carboxylic acids is 1. The first-order valence-electron chi connectivity index (χ1n) is 6.05.